The molecule has 5 heteroatoms. The lowest BCUT2D eigenvalue weighted by Crippen LogP contribution is -2.47. The van der Waals surface area contributed by atoms with Crippen molar-refractivity contribution in [3.05, 3.63) is 57.3 Å². The Labute approximate surface area is 149 Å². The van der Waals surface area contributed by atoms with Crippen molar-refractivity contribution in [2.45, 2.75) is 44.3 Å². The van der Waals surface area contributed by atoms with Crippen LogP contribution < -0.4 is 4.74 Å². The van der Waals surface area contributed by atoms with Crippen molar-refractivity contribution in [1.82, 2.24) is 4.98 Å². The zero-order chi connectivity index (χ0) is 16.7. The fourth-order valence-corrected chi connectivity index (χ4v) is 3.61. The molecule has 1 aliphatic heterocycles. The van der Waals surface area contributed by atoms with E-state index >= 15 is 0 Å². The number of unbranched alkanes of at least 4 members (excludes halogenated alkanes) is 1. The van der Waals surface area contributed by atoms with Gasteiger partial charge >= 0.3 is 0 Å². The number of fused-ring (bicyclic) bond motifs is 1. The first-order valence-electron chi connectivity index (χ1n) is 7.74. The number of ether oxygens (including phenoxy) is 1. The van der Waals surface area contributed by atoms with Crippen molar-refractivity contribution in [1.29, 1.82) is 0 Å². The summed E-state index contributed by atoms with van der Waals surface area (Å²) in [5.74, 6) is 0.557. The number of aromatic nitrogens is 1. The molecule has 0 amide bonds. The van der Waals surface area contributed by atoms with Gasteiger partial charge in [0.25, 0.3) is 0 Å². The maximum atomic E-state index is 11.6. The number of nitrogens with zero attached hydrogens (tertiary/aromatic N) is 1. The minimum absolute atomic E-state index is 0.502. The highest BCUT2D eigenvalue weighted by Gasteiger charge is 2.58. The second-order valence-electron chi connectivity index (χ2n) is 6.11. The van der Waals surface area contributed by atoms with Gasteiger partial charge in [0.2, 0.25) is 0 Å². The summed E-state index contributed by atoms with van der Waals surface area (Å²) in [5.41, 5.74) is -0.603. The molecular weight excluding hydrogens is 378 g/mol. The van der Waals surface area contributed by atoms with Gasteiger partial charge in [-0.1, -0.05) is 59.4 Å². The van der Waals surface area contributed by atoms with Gasteiger partial charge in [-0.05, 0) is 31.0 Å². The van der Waals surface area contributed by atoms with Crippen molar-refractivity contribution in [3.63, 3.8) is 0 Å². The summed E-state index contributed by atoms with van der Waals surface area (Å²) in [7, 11) is 0. The van der Waals surface area contributed by atoms with Crippen LogP contribution >= 0.6 is 27.5 Å². The zero-order valence-electron chi connectivity index (χ0n) is 13.1. The van der Waals surface area contributed by atoms with E-state index in [0.717, 1.165) is 22.9 Å². The average molecular weight is 397 g/mol. The maximum absolute atomic E-state index is 11.6. The molecule has 2 atom stereocenters. The summed E-state index contributed by atoms with van der Waals surface area (Å²) in [6, 6.07) is 9.56. The van der Waals surface area contributed by atoms with Gasteiger partial charge in [0.05, 0.1) is 5.02 Å². The van der Waals surface area contributed by atoms with E-state index in [4.69, 9.17) is 16.3 Å². The van der Waals surface area contributed by atoms with E-state index in [2.05, 4.69) is 27.8 Å². The van der Waals surface area contributed by atoms with E-state index in [-0.39, 0.29) is 0 Å². The third-order valence-electron chi connectivity index (χ3n) is 4.60. The number of benzene rings is 1. The molecule has 0 bridgehead atoms. The molecular formula is C18H19BrClNO2. The molecule has 1 aromatic heterocycles. The van der Waals surface area contributed by atoms with Gasteiger partial charge < -0.3 is 9.84 Å². The van der Waals surface area contributed by atoms with Crippen LogP contribution in [0.2, 0.25) is 5.02 Å². The first-order valence-corrected chi connectivity index (χ1v) is 8.91. The van der Waals surface area contributed by atoms with E-state index in [1.54, 1.807) is 12.3 Å². The fourth-order valence-electron chi connectivity index (χ4n) is 3.19. The minimum Gasteiger partial charge on any atom is -0.477 e. The second-order valence-corrected chi connectivity index (χ2v) is 7.46. The summed E-state index contributed by atoms with van der Waals surface area (Å²) in [5, 5.41) is 12.1. The molecule has 3 rings (SSSR count). The fraction of sp³-hybridized carbons (Fsp3) is 0.389. The largest absolute Gasteiger partial charge is 0.477 e. The molecule has 0 fully saturated rings. The van der Waals surface area contributed by atoms with Crippen LogP contribution in [-0.4, -0.2) is 10.1 Å². The Hall–Kier alpha value is -1.10. The smallest absolute Gasteiger partial charge is 0.166 e. The number of aliphatic hydroxyl groups is 1. The Balaban J connectivity index is 2.13. The molecule has 0 saturated carbocycles. The molecule has 122 valence electrons. The molecule has 2 aromatic rings. The molecule has 3 nitrogen and oxygen atoms in total. The third kappa shape index (κ3) is 2.67. The van der Waals surface area contributed by atoms with E-state index in [9.17, 15) is 5.11 Å². The Bertz CT molecular complexity index is 721. The van der Waals surface area contributed by atoms with Gasteiger partial charge in [0.1, 0.15) is 11.4 Å². The molecule has 0 radical (unpaired) electrons. The van der Waals surface area contributed by atoms with Gasteiger partial charge in [-0.3, -0.25) is 4.98 Å². The Morgan fingerprint density at radius 1 is 1.30 bits per heavy atom. The predicted octanol–water partition coefficient (Wildman–Crippen LogP) is 5.18. The van der Waals surface area contributed by atoms with Crippen LogP contribution in [0.3, 0.4) is 0 Å². The summed E-state index contributed by atoms with van der Waals surface area (Å²) < 4.78 is 7.19. The van der Waals surface area contributed by atoms with Crippen molar-refractivity contribution >= 4 is 27.5 Å². The number of hydrogen-bond donors (Lipinski definition) is 1. The van der Waals surface area contributed by atoms with Gasteiger partial charge in [0, 0.05) is 16.7 Å². The van der Waals surface area contributed by atoms with Crippen LogP contribution in [0, 0.1) is 0 Å². The molecule has 1 aromatic carbocycles. The molecule has 2 heterocycles. The lowest BCUT2D eigenvalue weighted by atomic mass is 9.75. The zero-order valence-corrected chi connectivity index (χ0v) is 15.5. The van der Waals surface area contributed by atoms with Crippen LogP contribution in [0.5, 0.6) is 5.75 Å². The van der Waals surface area contributed by atoms with Crippen LogP contribution in [0.4, 0.5) is 0 Å². The molecule has 1 aliphatic rings. The molecule has 0 aliphatic carbocycles. The number of halogens is 2. The SMILES string of the molecule is CCCC[C@@]1(O)c2ncc(Cl)cc2O[C@]1(C)c1ccc(Br)cc1. The van der Waals surface area contributed by atoms with Crippen LogP contribution in [0.25, 0.3) is 0 Å². The number of pyridine rings is 1. The quantitative estimate of drug-likeness (QED) is 0.774. The van der Waals surface area contributed by atoms with Gasteiger partial charge in [-0.15, -0.1) is 0 Å². The van der Waals surface area contributed by atoms with Crippen LogP contribution in [-0.2, 0) is 11.2 Å². The van der Waals surface area contributed by atoms with E-state index in [1.807, 2.05) is 31.2 Å². The van der Waals surface area contributed by atoms with Gasteiger partial charge in [-0.25, -0.2) is 0 Å². The predicted molar refractivity (Wildman–Crippen MR) is 94.8 cm³/mol. The Morgan fingerprint density at radius 2 is 2.00 bits per heavy atom. The van der Waals surface area contributed by atoms with E-state index in [1.165, 1.54) is 0 Å². The van der Waals surface area contributed by atoms with Crippen molar-refractivity contribution in [3.8, 4) is 5.75 Å². The molecule has 0 saturated heterocycles. The number of hydrogen-bond acceptors (Lipinski definition) is 3. The highest BCUT2D eigenvalue weighted by atomic mass is 79.9. The van der Waals surface area contributed by atoms with Crippen molar-refractivity contribution in [2.24, 2.45) is 0 Å². The average Bonchev–Trinajstić information content (AvgIpc) is 2.74. The second kappa shape index (κ2) is 6.08. The minimum atomic E-state index is -1.18. The molecule has 23 heavy (non-hydrogen) atoms. The van der Waals surface area contributed by atoms with E-state index in [0.29, 0.717) is 22.9 Å². The summed E-state index contributed by atoms with van der Waals surface area (Å²) >= 11 is 9.50. The van der Waals surface area contributed by atoms with Gasteiger partial charge in [-0.2, -0.15) is 0 Å². The number of rotatable bonds is 4. The Morgan fingerprint density at radius 3 is 2.65 bits per heavy atom. The van der Waals surface area contributed by atoms with Crippen molar-refractivity contribution < 1.29 is 9.84 Å². The summed E-state index contributed by atoms with van der Waals surface area (Å²) in [4.78, 5) is 4.39. The molecule has 1 N–H and O–H groups in total. The Kier molecular flexibility index (Phi) is 4.43. The molecule has 0 spiro atoms. The lowest BCUT2D eigenvalue weighted by Gasteiger charge is -2.38. The van der Waals surface area contributed by atoms with Crippen LogP contribution in [0.15, 0.2) is 41.0 Å². The lowest BCUT2D eigenvalue weighted by molar-refractivity contribution is -0.118. The third-order valence-corrected chi connectivity index (χ3v) is 5.34. The maximum Gasteiger partial charge on any atom is 0.166 e. The highest BCUT2D eigenvalue weighted by molar-refractivity contribution is 9.10. The topological polar surface area (TPSA) is 42.4 Å². The first-order chi connectivity index (χ1) is 10.9. The van der Waals surface area contributed by atoms with Crippen molar-refractivity contribution in [2.75, 3.05) is 0 Å². The highest BCUT2D eigenvalue weighted by Crippen LogP contribution is 2.54. The van der Waals surface area contributed by atoms with Gasteiger partial charge in [0.15, 0.2) is 11.2 Å². The first kappa shape index (κ1) is 16.7. The normalized spacial score (nSPS) is 26.0. The van der Waals surface area contributed by atoms with Crippen LogP contribution in [0.1, 0.15) is 44.4 Å². The summed E-state index contributed by atoms with van der Waals surface area (Å²) in [6.07, 6.45) is 4.02. The molecule has 0 unspecified atom stereocenters. The monoisotopic (exact) mass is 395 g/mol. The van der Waals surface area contributed by atoms with E-state index < -0.39 is 11.2 Å². The summed E-state index contributed by atoms with van der Waals surface area (Å²) in [6.45, 7) is 4.02. The standard InChI is InChI=1S/C18H19BrClNO2/c1-3-4-9-18(22)16-15(10-14(20)11-21-16)23-17(18,2)12-5-7-13(19)8-6-12/h5-8,10-11,22H,3-4,9H2,1-2H3/t17-,18-/m1/s1.